The molecule has 1 aromatic rings. The summed E-state index contributed by atoms with van der Waals surface area (Å²) in [6, 6.07) is 0. The minimum Gasteiger partial charge on any atom is -0.483 e. The van der Waals surface area contributed by atoms with Crippen molar-refractivity contribution >= 4 is 13.9 Å². The number of rotatable bonds is 7. The molecule has 3 atom stereocenters. The van der Waals surface area contributed by atoms with Gasteiger partial charge in [0.2, 0.25) is 0 Å². The van der Waals surface area contributed by atoms with Crippen molar-refractivity contribution in [2.45, 2.75) is 99.8 Å². The van der Waals surface area contributed by atoms with Crippen molar-refractivity contribution in [2.24, 2.45) is 11.3 Å². The van der Waals surface area contributed by atoms with Crippen LogP contribution in [0.15, 0.2) is 0 Å². The Morgan fingerprint density at radius 2 is 1.83 bits per heavy atom. The summed E-state index contributed by atoms with van der Waals surface area (Å²) in [5.74, 6) is 2.34. The molecule has 1 aliphatic heterocycles. The van der Waals surface area contributed by atoms with E-state index >= 15 is 0 Å². The fraction of sp³-hybridized carbons (Fsp3) is 0.731. The van der Waals surface area contributed by atoms with Gasteiger partial charge in [-0.3, -0.25) is 4.79 Å². The summed E-state index contributed by atoms with van der Waals surface area (Å²) in [6.07, 6.45) is 5.76. The van der Waals surface area contributed by atoms with E-state index in [-0.39, 0.29) is 19.2 Å². The highest BCUT2D eigenvalue weighted by atomic mass is 31.1. The molecule has 1 aromatic carbocycles. The lowest BCUT2D eigenvalue weighted by Crippen LogP contribution is -2.36. The van der Waals surface area contributed by atoms with Gasteiger partial charge < -0.3 is 9.47 Å². The zero-order valence-electron chi connectivity index (χ0n) is 21.0. The topological polar surface area (TPSA) is 35.5 Å². The summed E-state index contributed by atoms with van der Waals surface area (Å²) >= 11 is 0. The Hall–Kier alpha value is -1.08. The Kier molecular flexibility index (Phi) is 8.05. The fourth-order valence-corrected chi connectivity index (χ4v) is 6.06. The lowest BCUT2D eigenvalue weighted by molar-refractivity contribution is -0.134. The van der Waals surface area contributed by atoms with Crippen molar-refractivity contribution in [1.29, 1.82) is 0 Å². The van der Waals surface area contributed by atoms with E-state index in [1.54, 1.807) is 0 Å². The monoisotopic (exact) mass is 434 g/mol. The molecule has 4 heteroatoms. The van der Waals surface area contributed by atoms with Crippen LogP contribution in [0.25, 0.3) is 0 Å². The number of hydrogen-bond donors (Lipinski definition) is 0. The zero-order chi connectivity index (χ0) is 22.9. The van der Waals surface area contributed by atoms with Crippen molar-refractivity contribution < 1.29 is 14.3 Å². The van der Waals surface area contributed by atoms with Crippen LogP contribution < -0.4 is 9.47 Å². The zero-order valence-corrected chi connectivity index (χ0v) is 21.9. The molecule has 170 valence electrons. The summed E-state index contributed by atoms with van der Waals surface area (Å²) < 4.78 is 12.6. The normalized spacial score (nSPS) is 20.9. The van der Waals surface area contributed by atoms with E-state index in [1.165, 1.54) is 18.1 Å². The van der Waals surface area contributed by atoms with E-state index < -0.39 is 0 Å². The van der Waals surface area contributed by atoms with Crippen LogP contribution in [0.1, 0.15) is 89.5 Å². The van der Waals surface area contributed by atoms with E-state index in [4.69, 9.17) is 9.47 Å². The standard InChI is InChI=1S/C26H43O3P/c1-11-12-22(27)28-23-18(3)19(4)24-21(20(23)5)13-15-26(9,29-24)30(10)16-14-17(2)25(6,7)8/h17H,11-16H2,1-10H3. The van der Waals surface area contributed by atoms with E-state index in [9.17, 15) is 4.79 Å². The van der Waals surface area contributed by atoms with E-state index in [0.717, 1.165) is 47.5 Å². The molecule has 0 amide bonds. The molecule has 0 saturated carbocycles. The Labute approximate surface area is 186 Å². The lowest BCUT2D eigenvalue weighted by Gasteiger charge is -2.43. The van der Waals surface area contributed by atoms with Gasteiger partial charge in [0.15, 0.2) is 0 Å². The van der Waals surface area contributed by atoms with Gasteiger partial charge in [-0.05, 0) is 94.2 Å². The highest BCUT2D eigenvalue weighted by Gasteiger charge is 2.39. The smallest absolute Gasteiger partial charge is 0.311 e. The highest BCUT2D eigenvalue weighted by Crippen LogP contribution is 2.55. The van der Waals surface area contributed by atoms with Gasteiger partial charge in [-0.1, -0.05) is 42.5 Å². The SMILES string of the molecule is CCCC(=O)Oc1c(C)c(C)c2c(c1C)CCC(C)(P(C)CCC(C)C(C)(C)C)O2. The molecule has 2 rings (SSSR count). The van der Waals surface area contributed by atoms with E-state index in [1.807, 2.05) is 13.8 Å². The Bertz CT molecular complexity index is 778. The number of hydrogen-bond acceptors (Lipinski definition) is 3. The predicted molar refractivity (Wildman–Crippen MR) is 129 cm³/mol. The summed E-state index contributed by atoms with van der Waals surface area (Å²) in [4.78, 5) is 12.1. The van der Waals surface area contributed by atoms with Crippen molar-refractivity contribution in [2.75, 3.05) is 12.8 Å². The van der Waals surface area contributed by atoms with Gasteiger partial charge in [-0.2, -0.15) is 0 Å². The third kappa shape index (κ3) is 5.39. The molecule has 0 aromatic heterocycles. The second kappa shape index (κ2) is 9.60. The van der Waals surface area contributed by atoms with Crippen LogP contribution in [0, 0.1) is 32.1 Å². The molecule has 0 spiro atoms. The molecule has 0 bridgehead atoms. The average Bonchev–Trinajstić information content (AvgIpc) is 2.66. The Morgan fingerprint density at radius 3 is 2.40 bits per heavy atom. The molecule has 0 radical (unpaired) electrons. The lowest BCUT2D eigenvalue weighted by atomic mass is 9.81. The molecule has 3 nitrogen and oxygen atoms in total. The number of carbonyl (C=O) groups excluding carboxylic acids is 1. The molecule has 3 unspecified atom stereocenters. The predicted octanol–water partition coefficient (Wildman–Crippen LogP) is 7.54. The van der Waals surface area contributed by atoms with Crippen molar-refractivity contribution in [1.82, 2.24) is 0 Å². The van der Waals surface area contributed by atoms with Crippen LogP contribution in [-0.4, -0.2) is 24.1 Å². The third-order valence-electron chi connectivity index (χ3n) is 7.33. The minimum absolute atomic E-state index is 0.0933. The maximum atomic E-state index is 12.1. The third-order valence-corrected chi connectivity index (χ3v) is 10.2. The Balaban J connectivity index is 2.25. The number of benzene rings is 1. The van der Waals surface area contributed by atoms with Crippen LogP contribution >= 0.6 is 7.92 Å². The van der Waals surface area contributed by atoms with Gasteiger partial charge in [0.05, 0.1) is 0 Å². The van der Waals surface area contributed by atoms with Gasteiger partial charge >= 0.3 is 5.97 Å². The van der Waals surface area contributed by atoms with Crippen LogP contribution in [-0.2, 0) is 11.2 Å². The first-order chi connectivity index (χ1) is 13.8. The van der Waals surface area contributed by atoms with Crippen LogP contribution in [0.3, 0.4) is 0 Å². The number of esters is 1. The van der Waals surface area contributed by atoms with Gasteiger partial charge in [-0.15, -0.1) is 0 Å². The average molecular weight is 435 g/mol. The van der Waals surface area contributed by atoms with Crippen LogP contribution in [0.2, 0.25) is 0 Å². The van der Waals surface area contributed by atoms with Crippen molar-refractivity contribution in [3.05, 3.63) is 22.3 Å². The quantitative estimate of drug-likeness (QED) is 0.253. The number of carbonyl (C=O) groups is 1. The summed E-state index contributed by atoms with van der Waals surface area (Å²) in [7, 11) is -0.251. The minimum atomic E-state index is -0.251. The number of fused-ring (bicyclic) bond motifs is 1. The molecule has 1 aliphatic rings. The van der Waals surface area contributed by atoms with Gasteiger partial charge in [-0.25, -0.2) is 0 Å². The molecular weight excluding hydrogens is 391 g/mol. The summed E-state index contributed by atoms with van der Waals surface area (Å²) in [5.41, 5.74) is 4.80. The number of ether oxygens (including phenoxy) is 2. The van der Waals surface area contributed by atoms with E-state index in [0.29, 0.717) is 17.8 Å². The maximum absolute atomic E-state index is 12.1. The summed E-state index contributed by atoms with van der Waals surface area (Å²) in [6.45, 7) is 22.3. The fourth-order valence-electron chi connectivity index (χ4n) is 4.07. The largest absolute Gasteiger partial charge is 0.483 e. The Morgan fingerprint density at radius 1 is 1.20 bits per heavy atom. The molecular formula is C26H43O3P. The highest BCUT2D eigenvalue weighted by molar-refractivity contribution is 7.58. The van der Waals surface area contributed by atoms with Gasteiger partial charge in [0.25, 0.3) is 0 Å². The molecule has 0 saturated heterocycles. The van der Waals surface area contributed by atoms with Gasteiger partial charge in [0.1, 0.15) is 16.8 Å². The molecule has 0 aliphatic carbocycles. The second-order valence-corrected chi connectivity index (χ2v) is 13.3. The maximum Gasteiger partial charge on any atom is 0.311 e. The van der Waals surface area contributed by atoms with Crippen molar-refractivity contribution in [3.8, 4) is 11.5 Å². The second-order valence-electron chi connectivity index (χ2n) is 10.5. The van der Waals surface area contributed by atoms with Crippen LogP contribution in [0.4, 0.5) is 0 Å². The molecule has 1 heterocycles. The first kappa shape index (κ1) is 25.2. The first-order valence-electron chi connectivity index (χ1n) is 11.5. The molecule has 30 heavy (non-hydrogen) atoms. The first-order valence-corrected chi connectivity index (χ1v) is 13.5. The van der Waals surface area contributed by atoms with Gasteiger partial charge in [0, 0.05) is 12.0 Å². The summed E-state index contributed by atoms with van der Waals surface area (Å²) in [5, 5.41) is -0.0933. The molecule has 0 fully saturated rings. The van der Waals surface area contributed by atoms with Crippen LogP contribution in [0.5, 0.6) is 11.5 Å². The molecule has 0 N–H and O–H groups in total. The van der Waals surface area contributed by atoms with Crippen molar-refractivity contribution in [3.63, 3.8) is 0 Å². The van der Waals surface area contributed by atoms with E-state index in [2.05, 4.69) is 55.1 Å².